The monoisotopic (exact) mass is 343 g/mol. The second-order valence-electron chi connectivity index (χ2n) is 5.33. The van der Waals surface area contributed by atoms with E-state index in [0.29, 0.717) is 17.5 Å². The van der Waals surface area contributed by atoms with Crippen LogP contribution in [0.5, 0.6) is 0 Å². The third-order valence-electron chi connectivity index (χ3n) is 3.45. The average Bonchev–Trinajstić information content (AvgIpc) is 3.04. The van der Waals surface area contributed by atoms with Gasteiger partial charge in [0.05, 0.1) is 11.1 Å². The molecular formula is C17H17N3O3S. The van der Waals surface area contributed by atoms with Gasteiger partial charge < -0.3 is 9.73 Å². The summed E-state index contributed by atoms with van der Waals surface area (Å²) in [5, 5.41) is 3.02. The number of sulfonamides is 1. The minimum atomic E-state index is -3.43. The molecule has 124 valence electrons. The Morgan fingerprint density at radius 1 is 1.00 bits per heavy atom. The van der Waals surface area contributed by atoms with Crippen LogP contribution in [0.4, 0.5) is 11.7 Å². The lowest BCUT2D eigenvalue weighted by Gasteiger charge is -2.11. The van der Waals surface area contributed by atoms with Gasteiger partial charge in [0.25, 0.3) is 6.01 Å². The molecule has 0 amide bonds. The minimum absolute atomic E-state index is 0.232. The van der Waals surface area contributed by atoms with Gasteiger partial charge in [0, 0.05) is 25.3 Å². The molecule has 0 saturated carbocycles. The van der Waals surface area contributed by atoms with Gasteiger partial charge in [-0.2, -0.15) is 0 Å². The second-order valence-corrected chi connectivity index (χ2v) is 7.48. The maximum absolute atomic E-state index is 12.0. The first-order valence-electron chi connectivity index (χ1n) is 7.28. The largest absolute Gasteiger partial charge is 0.423 e. The predicted molar refractivity (Wildman–Crippen MR) is 92.5 cm³/mol. The maximum atomic E-state index is 12.0. The standard InChI is InChI=1S/C17H17N3O3S/c1-20(2)24(21,22)15-10-8-14(9-11-15)19-17-18-12-16(23-17)13-6-4-3-5-7-13/h3-12H,1-2H3,(H,18,19). The molecule has 0 bridgehead atoms. The molecule has 24 heavy (non-hydrogen) atoms. The highest BCUT2D eigenvalue weighted by molar-refractivity contribution is 7.89. The highest BCUT2D eigenvalue weighted by Crippen LogP contribution is 2.25. The zero-order valence-electron chi connectivity index (χ0n) is 13.3. The van der Waals surface area contributed by atoms with Gasteiger partial charge in [0.2, 0.25) is 10.0 Å². The van der Waals surface area contributed by atoms with Gasteiger partial charge in [0.1, 0.15) is 0 Å². The van der Waals surface area contributed by atoms with Crippen molar-refractivity contribution < 1.29 is 12.8 Å². The van der Waals surface area contributed by atoms with Gasteiger partial charge >= 0.3 is 0 Å². The van der Waals surface area contributed by atoms with E-state index in [4.69, 9.17) is 4.42 Å². The van der Waals surface area contributed by atoms with Crippen molar-refractivity contribution in [2.45, 2.75) is 4.90 Å². The fourth-order valence-corrected chi connectivity index (χ4v) is 3.01. The van der Waals surface area contributed by atoms with Crippen molar-refractivity contribution in [3.8, 4) is 11.3 Å². The molecule has 0 saturated heterocycles. The average molecular weight is 343 g/mol. The molecule has 0 aliphatic rings. The van der Waals surface area contributed by atoms with Crippen LogP contribution in [-0.4, -0.2) is 31.8 Å². The Morgan fingerprint density at radius 2 is 1.67 bits per heavy atom. The molecule has 1 aromatic heterocycles. The first-order valence-corrected chi connectivity index (χ1v) is 8.72. The topological polar surface area (TPSA) is 75.4 Å². The number of nitrogens with zero attached hydrogens (tertiary/aromatic N) is 2. The Balaban J connectivity index is 1.77. The van der Waals surface area contributed by atoms with Crippen LogP contribution in [0.25, 0.3) is 11.3 Å². The van der Waals surface area contributed by atoms with Crippen LogP contribution in [-0.2, 0) is 10.0 Å². The van der Waals surface area contributed by atoms with Crippen molar-refractivity contribution in [1.82, 2.24) is 9.29 Å². The molecule has 7 heteroatoms. The molecule has 0 atom stereocenters. The lowest BCUT2D eigenvalue weighted by Crippen LogP contribution is -2.22. The van der Waals surface area contributed by atoms with Crippen molar-refractivity contribution in [1.29, 1.82) is 0 Å². The number of benzene rings is 2. The molecule has 0 radical (unpaired) electrons. The molecule has 3 aromatic rings. The molecular weight excluding hydrogens is 326 g/mol. The van der Waals surface area contributed by atoms with Crippen LogP contribution >= 0.6 is 0 Å². The van der Waals surface area contributed by atoms with Crippen molar-refractivity contribution in [2.24, 2.45) is 0 Å². The van der Waals surface area contributed by atoms with Gasteiger partial charge in [-0.15, -0.1) is 0 Å². The first-order chi connectivity index (χ1) is 11.5. The summed E-state index contributed by atoms with van der Waals surface area (Å²) in [6.07, 6.45) is 1.64. The lowest BCUT2D eigenvalue weighted by atomic mass is 10.2. The molecule has 1 N–H and O–H groups in total. The third kappa shape index (κ3) is 3.32. The summed E-state index contributed by atoms with van der Waals surface area (Å²) >= 11 is 0. The molecule has 0 aliphatic heterocycles. The van der Waals surface area contributed by atoms with Gasteiger partial charge in [-0.1, -0.05) is 30.3 Å². The summed E-state index contributed by atoms with van der Waals surface area (Å²) in [5.74, 6) is 0.657. The lowest BCUT2D eigenvalue weighted by molar-refractivity contribution is 0.521. The Morgan fingerprint density at radius 3 is 2.29 bits per heavy atom. The van der Waals surface area contributed by atoms with Crippen molar-refractivity contribution in [3.05, 3.63) is 60.8 Å². The normalized spacial score (nSPS) is 11.6. The molecule has 2 aromatic carbocycles. The Kier molecular flexibility index (Phi) is 4.37. The van der Waals surface area contributed by atoms with Crippen LogP contribution in [0.15, 0.2) is 70.1 Å². The number of aromatic nitrogens is 1. The molecule has 6 nitrogen and oxygen atoms in total. The SMILES string of the molecule is CN(C)S(=O)(=O)c1ccc(Nc2ncc(-c3ccccc3)o2)cc1. The van der Waals surface area contributed by atoms with Gasteiger partial charge in [-0.25, -0.2) is 17.7 Å². The number of nitrogens with one attached hydrogen (secondary N) is 1. The van der Waals surface area contributed by atoms with Crippen molar-refractivity contribution in [3.63, 3.8) is 0 Å². The summed E-state index contributed by atoms with van der Waals surface area (Å²) in [6, 6.07) is 16.4. The summed E-state index contributed by atoms with van der Waals surface area (Å²) in [6.45, 7) is 0. The van der Waals surface area contributed by atoms with Crippen molar-refractivity contribution >= 4 is 21.7 Å². The highest BCUT2D eigenvalue weighted by Gasteiger charge is 2.16. The van der Waals surface area contributed by atoms with Gasteiger partial charge in [0.15, 0.2) is 5.76 Å². The molecule has 0 aliphatic carbocycles. The summed E-state index contributed by atoms with van der Waals surface area (Å²) in [7, 11) is -0.433. The Hall–Kier alpha value is -2.64. The summed E-state index contributed by atoms with van der Waals surface area (Å²) in [4.78, 5) is 4.41. The third-order valence-corrected chi connectivity index (χ3v) is 5.28. The number of rotatable bonds is 5. The summed E-state index contributed by atoms with van der Waals surface area (Å²) < 4.78 is 30.9. The second kappa shape index (κ2) is 6.46. The fraction of sp³-hybridized carbons (Fsp3) is 0.118. The van der Waals surface area contributed by atoms with E-state index < -0.39 is 10.0 Å². The van der Waals surface area contributed by atoms with Crippen LogP contribution < -0.4 is 5.32 Å². The Labute approximate surface area is 140 Å². The zero-order chi connectivity index (χ0) is 17.2. The smallest absolute Gasteiger partial charge is 0.299 e. The van der Waals surface area contributed by atoms with E-state index in [9.17, 15) is 8.42 Å². The van der Waals surface area contributed by atoms with Gasteiger partial charge in [-0.3, -0.25) is 0 Å². The maximum Gasteiger partial charge on any atom is 0.299 e. The molecule has 3 rings (SSSR count). The fourth-order valence-electron chi connectivity index (χ4n) is 2.11. The first kappa shape index (κ1) is 16.2. The molecule has 0 unspecified atom stereocenters. The van der Waals surface area contributed by atoms with Crippen LogP contribution in [0, 0.1) is 0 Å². The quantitative estimate of drug-likeness (QED) is 0.769. The van der Waals surface area contributed by atoms with E-state index in [2.05, 4.69) is 10.3 Å². The van der Waals surface area contributed by atoms with Gasteiger partial charge in [-0.05, 0) is 24.3 Å². The van der Waals surface area contributed by atoms with Crippen LogP contribution in [0.3, 0.4) is 0 Å². The van der Waals surface area contributed by atoms with E-state index in [1.807, 2.05) is 30.3 Å². The molecule has 0 fully saturated rings. The van der Waals surface area contributed by atoms with Crippen molar-refractivity contribution in [2.75, 3.05) is 19.4 Å². The molecule has 1 heterocycles. The van der Waals surface area contributed by atoms with E-state index in [1.54, 1.807) is 30.5 Å². The number of oxazole rings is 1. The summed E-state index contributed by atoms with van der Waals surface area (Å²) in [5.41, 5.74) is 1.62. The van der Waals surface area contributed by atoms with E-state index in [0.717, 1.165) is 5.56 Å². The Bertz CT molecular complexity index is 917. The number of hydrogen-bond donors (Lipinski definition) is 1. The molecule has 0 spiro atoms. The predicted octanol–water partition coefficient (Wildman–Crippen LogP) is 3.34. The highest BCUT2D eigenvalue weighted by atomic mass is 32.2. The zero-order valence-corrected chi connectivity index (χ0v) is 14.1. The number of hydrogen-bond acceptors (Lipinski definition) is 5. The number of anilines is 2. The van der Waals surface area contributed by atoms with Crippen LogP contribution in [0.1, 0.15) is 0 Å². The minimum Gasteiger partial charge on any atom is -0.423 e. The van der Waals surface area contributed by atoms with E-state index in [-0.39, 0.29) is 4.90 Å². The van der Waals surface area contributed by atoms with E-state index >= 15 is 0 Å². The van der Waals surface area contributed by atoms with E-state index in [1.165, 1.54) is 18.4 Å². The van der Waals surface area contributed by atoms with Crippen LogP contribution in [0.2, 0.25) is 0 Å².